The quantitative estimate of drug-likeness (QED) is 0.461. The molecule has 0 aliphatic heterocycles. The van der Waals surface area contributed by atoms with Crippen LogP contribution in [0.4, 0.5) is 11.8 Å². The number of benzene rings is 1. The zero-order valence-electron chi connectivity index (χ0n) is 10.7. The summed E-state index contributed by atoms with van der Waals surface area (Å²) in [7, 11) is 0. The van der Waals surface area contributed by atoms with E-state index in [0.717, 1.165) is 16.7 Å². The Labute approximate surface area is 115 Å². The lowest BCUT2D eigenvalue weighted by atomic mass is 10.2. The van der Waals surface area contributed by atoms with Crippen molar-refractivity contribution in [1.29, 1.82) is 0 Å². The van der Waals surface area contributed by atoms with E-state index in [1.165, 1.54) is 0 Å². The number of anilines is 2. The largest absolute Gasteiger partial charge is 0.368 e. The van der Waals surface area contributed by atoms with E-state index >= 15 is 0 Å². The number of nitrogen functional groups attached to an aromatic ring is 1. The van der Waals surface area contributed by atoms with Crippen molar-refractivity contribution in [3.8, 4) is 0 Å². The summed E-state index contributed by atoms with van der Waals surface area (Å²) in [6, 6.07) is 7.76. The first kappa shape index (κ1) is 12.3. The predicted octanol–water partition coefficient (Wildman–Crippen LogP) is 0.619. The third-order valence-electron chi connectivity index (χ3n) is 2.84. The van der Waals surface area contributed by atoms with Crippen molar-refractivity contribution in [3.05, 3.63) is 36.7 Å². The molecule has 0 saturated carbocycles. The van der Waals surface area contributed by atoms with E-state index in [-0.39, 0.29) is 0 Å². The first-order chi connectivity index (χ1) is 9.86. The lowest BCUT2D eigenvalue weighted by molar-refractivity contribution is 0.608. The zero-order chi connectivity index (χ0) is 13.8. The molecule has 4 N–H and O–H groups in total. The Hall–Kier alpha value is -2.74. The lowest BCUT2D eigenvalue weighted by Gasteiger charge is -2.10. The third kappa shape index (κ3) is 2.50. The molecule has 2 heterocycles. The molecule has 8 heteroatoms. The van der Waals surface area contributed by atoms with Gasteiger partial charge in [0.1, 0.15) is 5.82 Å². The monoisotopic (exact) mass is 270 g/mol. The summed E-state index contributed by atoms with van der Waals surface area (Å²) in [6.07, 6.45) is 3.46. The van der Waals surface area contributed by atoms with Gasteiger partial charge in [-0.2, -0.15) is 4.98 Å². The maximum atomic E-state index is 5.39. The van der Waals surface area contributed by atoms with E-state index in [0.29, 0.717) is 19.0 Å². The van der Waals surface area contributed by atoms with E-state index in [2.05, 4.69) is 31.0 Å². The maximum Gasteiger partial charge on any atom is 0.239 e. The van der Waals surface area contributed by atoms with Crippen molar-refractivity contribution < 1.29 is 0 Å². The minimum absolute atomic E-state index is 0.381. The van der Waals surface area contributed by atoms with Crippen LogP contribution in [0.2, 0.25) is 0 Å². The number of para-hydroxylation sites is 1. The molecule has 0 spiro atoms. The van der Waals surface area contributed by atoms with Gasteiger partial charge in [-0.15, -0.1) is 5.10 Å². The van der Waals surface area contributed by atoms with E-state index in [1.807, 2.05) is 30.5 Å². The molecule has 0 aliphatic rings. The average molecular weight is 270 g/mol. The highest BCUT2D eigenvalue weighted by Gasteiger charge is 2.06. The molecule has 0 radical (unpaired) electrons. The summed E-state index contributed by atoms with van der Waals surface area (Å²) in [5.74, 6) is 6.51. The molecule has 0 saturated heterocycles. The number of rotatable bonds is 5. The van der Waals surface area contributed by atoms with Gasteiger partial charge in [-0.3, -0.25) is 10.1 Å². The normalized spacial score (nSPS) is 10.7. The first-order valence-electron chi connectivity index (χ1n) is 6.18. The fraction of sp³-hybridized carbons (Fsp3) is 0.167. The van der Waals surface area contributed by atoms with Gasteiger partial charge in [-0.05, 0) is 12.1 Å². The van der Waals surface area contributed by atoms with Crippen LogP contribution in [0.1, 0.15) is 0 Å². The van der Waals surface area contributed by atoms with Crippen LogP contribution in [0.15, 0.2) is 36.7 Å². The summed E-state index contributed by atoms with van der Waals surface area (Å²) in [6.45, 7) is 1.37. The number of aromatic nitrogens is 5. The second-order valence-electron chi connectivity index (χ2n) is 4.15. The lowest BCUT2D eigenvalue weighted by Crippen LogP contribution is -2.15. The van der Waals surface area contributed by atoms with Gasteiger partial charge in [0.2, 0.25) is 5.95 Å². The summed E-state index contributed by atoms with van der Waals surface area (Å²) >= 11 is 0. The van der Waals surface area contributed by atoms with Crippen LogP contribution in [0.5, 0.6) is 0 Å². The van der Waals surface area contributed by atoms with E-state index in [1.54, 1.807) is 10.9 Å². The fourth-order valence-electron chi connectivity index (χ4n) is 1.92. The number of hydrogen-bond acceptors (Lipinski definition) is 7. The number of nitrogens with zero attached hydrogens (tertiary/aromatic N) is 5. The van der Waals surface area contributed by atoms with Crippen LogP contribution in [-0.4, -0.2) is 31.5 Å². The van der Waals surface area contributed by atoms with Crippen molar-refractivity contribution in [3.63, 3.8) is 0 Å². The number of nitrogens with two attached hydrogens (primary N) is 1. The first-order valence-corrected chi connectivity index (χ1v) is 6.18. The molecule has 0 amide bonds. The third-order valence-corrected chi connectivity index (χ3v) is 2.84. The molecule has 2 aromatic heterocycles. The second-order valence-corrected chi connectivity index (χ2v) is 4.15. The van der Waals surface area contributed by atoms with Gasteiger partial charge >= 0.3 is 0 Å². The molecule has 0 atom stereocenters. The molecule has 3 rings (SSSR count). The number of hydrazine groups is 1. The SMILES string of the molecule is NNc1nc(NCCn2ccnn2)c2ccccc2n1. The molecule has 0 bridgehead atoms. The van der Waals surface area contributed by atoms with Crippen LogP contribution in [0.25, 0.3) is 10.9 Å². The van der Waals surface area contributed by atoms with Crippen molar-refractivity contribution in [2.75, 3.05) is 17.3 Å². The maximum absolute atomic E-state index is 5.39. The Morgan fingerprint density at radius 3 is 2.90 bits per heavy atom. The van der Waals surface area contributed by atoms with Gasteiger partial charge in [0.15, 0.2) is 0 Å². The summed E-state index contributed by atoms with van der Waals surface area (Å²) in [5.41, 5.74) is 3.31. The molecular weight excluding hydrogens is 256 g/mol. The smallest absolute Gasteiger partial charge is 0.239 e. The van der Waals surface area contributed by atoms with Crippen molar-refractivity contribution >= 4 is 22.7 Å². The molecule has 0 aliphatic carbocycles. The minimum atomic E-state index is 0.381. The van der Waals surface area contributed by atoms with E-state index in [9.17, 15) is 0 Å². The van der Waals surface area contributed by atoms with E-state index in [4.69, 9.17) is 5.84 Å². The zero-order valence-corrected chi connectivity index (χ0v) is 10.7. The Bertz CT molecular complexity index is 694. The molecule has 102 valence electrons. The van der Waals surface area contributed by atoms with Crippen molar-refractivity contribution in [2.24, 2.45) is 5.84 Å². The topological polar surface area (TPSA) is 107 Å². The Kier molecular flexibility index (Phi) is 3.38. The van der Waals surface area contributed by atoms with E-state index < -0.39 is 0 Å². The van der Waals surface area contributed by atoms with Crippen molar-refractivity contribution in [1.82, 2.24) is 25.0 Å². The van der Waals surface area contributed by atoms with Crippen LogP contribution < -0.4 is 16.6 Å². The summed E-state index contributed by atoms with van der Waals surface area (Å²) in [5, 5.41) is 11.9. The second kappa shape index (κ2) is 5.49. The minimum Gasteiger partial charge on any atom is -0.368 e. The molecule has 0 fully saturated rings. The van der Waals surface area contributed by atoms with Gasteiger partial charge in [-0.1, -0.05) is 17.3 Å². The average Bonchev–Trinajstić information content (AvgIpc) is 3.00. The molecule has 8 nitrogen and oxygen atoms in total. The summed E-state index contributed by atoms with van der Waals surface area (Å²) in [4.78, 5) is 8.63. The number of nitrogens with one attached hydrogen (secondary N) is 2. The van der Waals surface area contributed by atoms with Crippen molar-refractivity contribution in [2.45, 2.75) is 6.54 Å². The molecule has 3 aromatic rings. The van der Waals surface area contributed by atoms with Crippen LogP contribution >= 0.6 is 0 Å². The van der Waals surface area contributed by atoms with Gasteiger partial charge < -0.3 is 5.32 Å². The van der Waals surface area contributed by atoms with Gasteiger partial charge in [0.05, 0.1) is 18.3 Å². The molecule has 0 unspecified atom stereocenters. The number of fused-ring (bicyclic) bond motifs is 1. The predicted molar refractivity (Wildman–Crippen MR) is 75.9 cm³/mol. The Balaban J connectivity index is 1.82. The Morgan fingerprint density at radius 1 is 1.20 bits per heavy atom. The molecular formula is C12H14N8. The molecule has 20 heavy (non-hydrogen) atoms. The van der Waals surface area contributed by atoms with Gasteiger partial charge in [0.25, 0.3) is 0 Å². The van der Waals surface area contributed by atoms with Gasteiger partial charge in [0, 0.05) is 18.1 Å². The van der Waals surface area contributed by atoms with Gasteiger partial charge in [-0.25, -0.2) is 10.8 Å². The highest BCUT2D eigenvalue weighted by molar-refractivity contribution is 5.89. The standard InChI is InChI=1S/C12H14N8/c13-18-12-16-10-4-2-1-3-9(10)11(17-12)14-5-7-20-8-6-15-19-20/h1-4,6,8H,5,7,13H2,(H2,14,16,17,18). The highest BCUT2D eigenvalue weighted by atomic mass is 15.4. The fourth-order valence-corrected chi connectivity index (χ4v) is 1.92. The number of hydrogen-bond donors (Lipinski definition) is 3. The Morgan fingerprint density at radius 2 is 2.10 bits per heavy atom. The van der Waals surface area contributed by atoms with Crippen LogP contribution in [-0.2, 0) is 6.54 Å². The highest BCUT2D eigenvalue weighted by Crippen LogP contribution is 2.21. The van der Waals surface area contributed by atoms with Crippen LogP contribution in [0, 0.1) is 0 Å². The molecule has 1 aromatic carbocycles. The summed E-state index contributed by atoms with van der Waals surface area (Å²) < 4.78 is 1.75. The van der Waals surface area contributed by atoms with Crippen LogP contribution in [0.3, 0.4) is 0 Å².